The quantitative estimate of drug-likeness (QED) is 0.636. The van der Waals surface area contributed by atoms with Gasteiger partial charge in [-0.1, -0.05) is 36.4 Å². The number of benzene rings is 2. The van der Waals surface area contributed by atoms with Gasteiger partial charge in [0.1, 0.15) is 0 Å². The molecule has 1 aromatic heterocycles. The fourth-order valence-corrected chi connectivity index (χ4v) is 3.48. The molecule has 6 nitrogen and oxygen atoms in total. The van der Waals surface area contributed by atoms with Crippen molar-refractivity contribution >= 4 is 5.91 Å². The lowest BCUT2D eigenvalue weighted by Gasteiger charge is -2.10. The molecule has 0 aliphatic rings. The van der Waals surface area contributed by atoms with E-state index in [1.165, 1.54) is 0 Å². The van der Waals surface area contributed by atoms with E-state index in [0.29, 0.717) is 24.6 Å². The molecule has 0 atom stereocenters. The predicted molar refractivity (Wildman–Crippen MR) is 113 cm³/mol. The van der Waals surface area contributed by atoms with Crippen molar-refractivity contribution in [3.05, 3.63) is 65.5 Å². The van der Waals surface area contributed by atoms with Crippen molar-refractivity contribution in [1.29, 1.82) is 0 Å². The average Bonchev–Trinajstić information content (AvgIpc) is 3.01. The number of amides is 1. The van der Waals surface area contributed by atoms with Gasteiger partial charge < -0.3 is 14.8 Å². The van der Waals surface area contributed by atoms with Gasteiger partial charge in [-0.2, -0.15) is 5.10 Å². The molecule has 152 valence electrons. The van der Waals surface area contributed by atoms with Crippen LogP contribution in [0.1, 0.15) is 17.0 Å². The summed E-state index contributed by atoms with van der Waals surface area (Å²) < 4.78 is 12.5. The Kier molecular flexibility index (Phi) is 6.54. The van der Waals surface area contributed by atoms with E-state index in [-0.39, 0.29) is 12.3 Å². The van der Waals surface area contributed by atoms with Crippen LogP contribution in [0.25, 0.3) is 11.1 Å². The lowest BCUT2D eigenvalue weighted by Crippen LogP contribution is -2.29. The summed E-state index contributed by atoms with van der Waals surface area (Å²) in [5.41, 5.74) is 5.28. The Balaban J connectivity index is 1.58. The number of carbonyl (C=O) groups excluding carboxylic acids is 1. The van der Waals surface area contributed by atoms with Crippen molar-refractivity contribution in [2.24, 2.45) is 0 Å². The smallest absolute Gasteiger partial charge is 0.224 e. The van der Waals surface area contributed by atoms with Crippen LogP contribution in [0.3, 0.4) is 0 Å². The monoisotopic (exact) mass is 393 g/mol. The first-order valence-electron chi connectivity index (χ1n) is 9.60. The highest BCUT2D eigenvalue weighted by Crippen LogP contribution is 2.28. The molecular weight excluding hydrogens is 366 g/mol. The fraction of sp³-hybridized carbons (Fsp3) is 0.304. The molecule has 1 N–H and O–H groups in total. The molecule has 0 radical (unpaired) electrons. The summed E-state index contributed by atoms with van der Waals surface area (Å²) in [5, 5.41) is 7.61. The van der Waals surface area contributed by atoms with Crippen LogP contribution in [0.5, 0.6) is 11.5 Å². The molecule has 0 saturated heterocycles. The lowest BCUT2D eigenvalue weighted by atomic mass is 10.0. The molecule has 0 unspecified atom stereocenters. The van der Waals surface area contributed by atoms with Crippen molar-refractivity contribution < 1.29 is 14.3 Å². The van der Waals surface area contributed by atoms with Crippen LogP contribution in [0.2, 0.25) is 0 Å². The molecule has 1 heterocycles. The Hall–Kier alpha value is -3.28. The minimum Gasteiger partial charge on any atom is -0.493 e. The number of methoxy groups -OCH3 is 2. The number of aryl methyl sites for hydroxylation is 1. The molecule has 3 rings (SSSR count). The highest BCUT2D eigenvalue weighted by atomic mass is 16.5. The van der Waals surface area contributed by atoms with E-state index in [0.717, 1.165) is 28.1 Å². The third-order valence-corrected chi connectivity index (χ3v) is 4.90. The van der Waals surface area contributed by atoms with Gasteiger partial charge in [0, 0.05) is 17.8 Å². The second-order valence-corrected chi connectivity index (χ2v) is 6.85. The van der Waals surface area contributed by atoms with E-state index in [4.69, 9.17) is 9.47 Å². The molecule has 0 fully saturated rings. The SMILES string of the molecule is COc1ccc(CC(=O)NCCn2nc(C)c(-c3ccccc3)c2C)cc1OC. The summed E-state index contributed by atoms with van der Waals surface area (Å²) in [7, 11) is 3.17. The van der Waals surface area contributed by atoms with E-state index < -0.39 is 0 Å². The van der Waals surface area contributed by atoms with Crippen molar-refractivity contribution in [3.63, 3.8) is 0 Å². The number of rotatable bonds is 8. The number of nitrogens with one attached hydrogen (secondary N) is 1. The van der Waals surface area contributed by atoms with E-state index >= 15 is 0 Å². The number of hydrogen-bond donors (Lipinski definition) is 1. The largest absolute Gasteiger partial charge is 0.493 e. The van der Waals surface area contributed by atoms with Crippen LogP contribution in [0, 0.1) is 13.8 Å². The van der Waals surface area contributed by atoms with Gasteiger partial charge in [0.25, 0.3) is 0 Å². The lowest BCUT2D eigenvalue weighted by molar-refractivity contribution is -0.120. The Labute approximate surface area is 171 Å². The summed E-state index contributed by atoms with van der Waals surface area (Å²) in [5.74, 6) is 1.23. The number of nitrogens with zero attached hydrogens (tertiary/aromatic N) is 2. The maximum atomic E-state index is 12.3. The highest BCUT2D eigenvalue weighted by Gasteiger charge is 2.13. The summed E-state index contributed by atoms with van der Waals surface area (Å²) >= 11 is 0. The van der Waals surface area contributed by atoms with Crippen LogP contribution >= 0.6 is 0 Å². The Morgan fingerprint density at radius 1 is 1.03 bits per heavy atom. The van der Waals surface area contributed by atoms with Crippen molar-refractivity contribution in [2.75, 3.05) is 20.8 Å². The Bertz CT molecular complexity index is 981. The van der Waals surface area contributed by atoms with Gasteiger partial charge in [-0.25, -0.2) is 0 Å². The van der Waals surface area contributed by atoms with E-state index in [9.17, 15) is 4.79 Å². The standard InChI is InChI=1S/C23H27N3O3/c1-16-23(19-8-6-5-7-9-19)17(2)26(25-16)13-12-24-22(27)15-18-10-11-20(28-3)21(14-18)29-4/h5-11,14H,12-13,15H2,1-4H3,(H,24,27). The van der Waals surface area contributed by atoms with Crippen LogP contribution in [0.15, 0.2) is 48.5 Å². The average molecular weight is 393 g/mol. The first-order chi connectivity index (χ1) is 14.0. The minimum absolute atomic E-state index is 0.0398. The number of ether oxygens (including phenoxy) is 2. The normalized spacial score (nSPS) is 10.6. The molecule has 0 aliphatic heterocycles. The zero-order valence-electron chi connectivity index (χ0n) is 17.4. The van der Waals surface area contributed by atoms with Crippen LogP contribution in [-0.4, -0.2) is 36.5 Å². The second-order valence-electron chi connectivity index (χ2n) is 6.85. The topological polar surface area (TPSA) is 65.4 Å². The van der Waals surface area contributed by atoms with Gasteiger partial charge in [0.2, 0.25) is 5.91 Å². The molecule has 0 bridgehead atoms. The van der Waals surface area contributed by atoms with E-state index in [1.54, 1.807) is 14.2 Å². The van der Waals surface area contributed by atoms with E-state index in [1.807, 2.05) is 48.0 Å². The molecule has 1 amide bonds. The maximum absolute atomic E-state index is 12.3. The Morgan fingerprint density at radius 2 is 1.76 bits per heavy atom. The first-order valence-corrected chi connectivity index (χ1v) is 9.60. The van der Waals surface area contributed by atoms with Gasteiger partial charge in [0.05, 0.1) is 32.9 Å². The van der Waals surface area contributed by atoms with Gasteiger partial charge in [-0.15, -0.1) is 0 Å². The summed E-state index contributed by atoms with van der Waals surface area (Å²) in [6.45, 7) is 5.22. The summed E-state index contributed by atoms with van der Waals surface area (Å²) in [4.78, 5) is 12.3. The van der Waals surface area contributed by atoms with Gasteiger partial charge in [-0.3, -0.25) is 9.48 Å². The summed E-state index contributed by atoms with van der Waals surface area (Å²) in [6, 6.07) is 15.7. The number of aromatic nitrogens is 2. The third-order valence-electron chi connectivity index (χ3n) is 4.90. The molecule has 29 heavy (non-hydrogen) atoms. The molecular formula is C23H27N3O3. The zero-order chi connectivity index (χ0) is 20.8. The van der Waals surface area contributed by atoms with Crippen LogP contribution < -0.4 is 14.8 Å². The van der Waals surface area contributed by atoms with Gasteiger partial charge in [-0.05, 0) is 37.1 Å². The molecule has 0 aliphatic carbocycles. The number of hydrogen-bond acceptors (Lipinski definition) is 4. The van der Waals surface area contributed by atoms with Crippen molar-refractivity contribution in [3.8, 4) is 22.6 Å². The molecule has 0 spiro atoms. The Morgan fingerprint density at radius 3 is 2.45 bits per heavy atom. The minimum atomic E-state index is -0.0398. The fourth-order valence-electron chi connectivity index (χ4n) is 3.48. The molecule has 0 saturated carbocycles. The van der Waals surface area contributed by atoms with Gasteiger partial charge in [0.15, 0.2) is 11.5 Å². The first kappa shape index (κ1) is 20.5. The van der Waals surface area contributed by atoms with E-state index in [2.05, 4.69) is 29.5 Å². The molecule has 3 aromatic rings. The highest BCUT2D eigenvalue weighted by molar-refractivity contribution is 5.78. The van der Waals surface area contributed by atoms with Crippen molar-refractivity contribution in [1.82, 2.24) is 15.1 Å². The number of carbonyl (C=O) groups is 1. The molecule has 6 heteroatoms. The second kappa shape index (κ2) is 9.28. The predicted octanol–water partition coefficient (Wildman–Crippen LogP) is 3.54. The van der Waals surface area contributed by atoms with Crippen LogP contribution in [-0.2, 0) is 17.8 Å². The maximum Gasteiger partial charge on any atom is 0.224 e. The third kappa shape index (κ3) is 4.77. The van der Waals surface area contributed by atoms with Gasteiger partial charge >= 0.3 is 0 Å². The van der Waals surface area contributed by atoms with Crippen LogP contribution in [0.4, 0.5) is 0 Å². The zero-order valence-corrected chi connectivity index (χ0v) is 17.4. The molecule has 2 aromatic carbocycles. The summed E-state index contributed by atoms with van der Waals surface area (Å²) in [6.07, 6.45) is 0.284. The van der Waals surface area contributed by atoms with Crippen molar-refractivity contribution in [2.45, 2.75) is 26.8 Å².